The standard InChI is InChI=1S/C50H73N3O5/c1-30(2)45-42(55)26-50(27-44(56)51-28-32-8-10-33(11-9-32)29-53-22-20-52(7)21-23-53)19-17-35-36-13-15-43-48(4,5)34(24-41(54)38-25-39(31(38)3)47(57)58)16-18-49(43,6)40(36)14-12-37(35)46(45)50/h8-11,30-31,34-40,43H,12-29H2,1-7H3,(H,51,56)(H,57,58). The first-order chi connectivity index (χ1) is 27.5. The van der Waals surface area contributed by atoms with E-state index in [4.69, 9.17) is 0 Å². The summed E-state index contributed by atoms with van der Waals surface area (Å²) in [5, 5.41) is 12.8. The highest BCUT2D eigenvalue weighted by molar-refractivity contribution is 6.01. The summed E-state index contributed by atoms with van der Waals surface area (Å²) < 4.78 is 0. The molecule has 318 valence electrons. The number of allylic oxidation sites excluding steroid dienone is 2. The number of hydrogen-bond donors (Lipinski definition) is 2. The van der Waals surface area contributed by atoms with Gasteiger partial charge >= 0.3 is 5.97 Å². The molecule has 1 amide bonds. The minimum atomic E-state index is -0.758. The van der Waals surface area contributed by atoms with Crippen molar-refractivity contribution in [3.05, 3.63) is 46.5 Å². The van der Waals surface area contributed by atoms with Gasteiger partial charge < -0.3 is 15.3 Å². The van der Waals surface area contributed by atoms with E-state index in [0.717, 1.165) is 76.0 Å². The first-order valence-corrected chi connectivity index (χ1v) is 23.3. The van der Waals surface area contributed by atoms with E-state index in [1.165, 1.54) is 30.4 Å². The molecule has 58 heavy (non-hydrogen) atoms. The lowest BCUT2D eigenvalue weighted by atomic mass is 9.39. The molecule has 0 radical (unpaired) electrons. The second-order valence-corrected chi connectivity index (χ2v) is 21.9. The van der Waals surface area contributed by atoms with E-state index in [0.29, 0.717) is 73.5 Å². The molecule has 8 heteroatoms. The normalized spacial score (nSPS) is 38.6. The summed E-state index contributed by atoms with van der Waals surface area (Å²) >= 11 is 0. The number of aliphatic carboxylic acids is 1. The van der Waals surface area contributed by atoms with E-state index in [9.17, 15) is 24.3 Å². The molecule has 11 atom stereocenters. The van der Waals surface area contributed by atoms with E-state index in [1.54, 1.807) is 0 Å². The van der Waals surface area contributed by atoms with Crippen LogP contribution in [0.2, 0.25) is 0 Å². The van der Waals surface area contributed by atoms with Gasteiger partial charge in [0, 0.05) is 69.9 Å². The van der Waals surface area contributed by atoms with Gasteiger partial charge in [-0.2, -0.15) is 0 Å². The number of ketones is 2. The molecule has 6 fully saturated rings. The van der Waals surface area contributed by atoms with Crippen LogP contribution in [0.4, 0.5) is 0 Å². The van der Waals surface area contributed by atoms with Crippen molar-refractivity contribution in [2.45, 2.75) is 132 Å². The van der Waals surface area contributed by atoms with Crippen molar-refractivity contribution in [3.63, 3.8) is 0 Å². The molecule has 8 nitrogen and oxygen atoms in total. The molecule has 1 aliphatic heterocycles. The molecule has 5 saturated carbocycles. The SMILES string of the molecule is CC(C)C1=C2C3CCC4C(CCC5C(C)(C)C(CC(=O)C6CC(C(=O)O)C6C)CCC45C)C3CCC2(CC(=O)NCc2ccc(CN3CCN(C)CC3)cc2)CC1=O. The number of Topliss-reactive ketones (excluding diaryl/α,β-unsaturated/α-hetero) is 2. The third-order valence-corrected chi connectivity index (χ3v) is 18.3. The van der Waals surface area contributed by atoms with Crippen LogP contribution in [0.3, 0.4) is 0 Å². The number of carboxylic acid groups (broad SMARTS) is 1. The van der Waals surface area contributed by atoms with E-state index in [1.807, 2.05) is 6.92 Å². The smallest absolute Gasteiger partial charge is 0.306 e. The van der Waals surface area contributed by atoms with Crippen molar-refractivity contribution in [1.29, 1.82) is 0 Å². The van der Waals surface area contributed by atoms with Crippen LogP contribution in [-0.2, 0) is 32.3 Å². The Morgan fingerprint density at radius 3 is 2.26 bits per heavy atom. The number of rotatable bonds is 11. The molecule has 1 saturated heterocycles. The summed E-state index contributed by atoms with van der Waals surface area (Å²) in [7, 11) is 2.19. The van der Waals surface area contributed by atoms with Gasteiger partial charge in [-0.3, -0.25) is 24.1 Å². The minimum Gasteiger partial charge on any atom is -0.481 e. The van der Waals surface area contributed by atoms with Gasteiger partial charge in [0.15, 0.2) is 5.78 Å². The summed E-state index contributed by atoms with van der Waals surface area (Å²) in [4.78, 5) is 58.0. The fraction of sp³-hybridized carbons (Fsp3) is 0.760. The molecule has 7 aliphatic rings. The van der Waals surface area contributed by atoms with Gasteiger partial charge in [0.25, 0.3) is 0 Å². The van der Waals surface area contributed by atoms with Crippen LogP contribution in [0.25, 0.3) is 0 Å². The van der Waals surface area contributed by atoms with Crippen molar-refractivity contribution in [2.24, 2.45) is 75.4 Å². The summed E-state index contributed by atoms with van der Waals surface area (Å²) in [6.07, 6.45) is 11.0. The molecule has 1 heterocycles. The Kier molecular flexibility index (Phi) is 11.5. The number of amides is 1. The molecule has 6 aliphatic carbocycles. The molecule has 0 aromatic heterocycles. The molecular formula is C50H73N3O5. The van der Waals surface area contributed by atoms with E-state index in [2.05, 4.69) is 81.0 Å². The monoisotopic (exact) mass is 796 g/mol. The van der Waals surface area contributed by atoms with Crippen molar-refractivity contribution in [1.82, 2.24) is 15.1 Å². The first kappa shape index (κ1) is 41.9. The lowest BCUT2D eigenvalue weighted by molar-refractivity contribution is -0.163. The highest BCUT2D eigenvalue weighted by atomic mass is 16.4. The van der Waals surface area contributed by atoms with E-state index in [-0.39, 0.29) is 51.6 Å². The Morgan fingerprint density at radius 2 is 1.59 bits per heavy atom. The molecule has 1 aromatic rings. The molecule has 0 bridgehead atoms. The number of carboxylic acids is 1. The van der Waals surface area contributed by atoms with Crippen LogP contribution in [0.1, 0.15) is 130 Å². The molecule has 1 aromatic carbocycles. The van der Waals surface area contributed by atoms with Crippen molar-refractivity contribution >= 4 is 23.4 Å². The number of benzene rings is 1. The lowest BCUT2D eigenvalue weighted by Crippen LogP contribution is -2.58. The molecule has 0 spiro atoms. The van der Waals surface area contributed by atoms with Gasteiger partial charge in [-0.25, -0.2) is 0 Å². The summed E-state index contributed by atoms with van der Waals surface area (Å²) in [6, 6.07) is 8.73. The molecular weight excluding hydrogens is 723 g/mol. The number of nitrogens with zero attached hydrogens (tertiary/aromatic N) is 2. The van der Waals surface area contributed by atoms with E-state index >= 15 is 0 Å². The van der Waals surface area contributed by atoms with Crippen molar-refractivity contribution in [3.8, 4) is 0 Å². The van der Waals surface area contributed by atoms with Gasteiger partial charge in [0.2, 0.25) is 5.91 Å². The van der Waals surface area contributed by atoms with Crippen LogP contribution in [-0.4, -0.2) is 71.6 Å². The summed E-state index contributed by atoms with van der Waals surface area (Å²) in [5.41, 5.74) is 4.80. The third kappa shape index (κ3) is 7.36. The number of carbonyl (C=O) groups is 4. The Bertz CT molecular complexity index is 1790. The highest BCUT2D eigenvalue weighted by Crippen LogP contribution is 2.70. The van der Waals surface area contributed by atoms with E-state index < -0.39 is 5.97 Å². The number of likely N-dealkylation sites (N-methyl/N-ethyl adjacent to an activating group) is 1. The Labute approximate surface area is 348 Å². The fourth-order valence-electron chi connectivity index (χ4n) is 15.0. The molecule has 8 rings (SSSR count). The maximum absolute atomic E-state index is 14.0. The number of fused-ring (bicyclic) bond motifs is 7. The van der Waals surface area contributed by atoms with Gasteiger partial charge in [-0.15, -0.1) is 0 Å². The quantitative estimate of drug-likeness (QED) is 0.231. The zero-order valence-corrected chi connectivity index (χ0v) is 36.8. The molecule has 2 N–H and O–H groups in total. The second-order valence-electron chi connectivity index (χ2n) is 21.9. The van der Waals surface area contributed by atoms with Gasteiger partial charge in [0.05, 0.1) is 5.92 Å². The fourth-order valence-corrected chi connectivity index (χ4v) is 15.0. The third-order valence-electron chi connectivity index (χ3n) is 18.3. The Morgan fingerprint density at radius 1 is 0.879 bits per heavy atom. The van der Waals surface area contributed by atoms with Gasteiger partial charge in [-0.1, -0.05) is 71.4 Å². The van der Waals surface area contributed by atoms with Gasteiger partial charge in [0.1, 0.15) is 5.78 Å². The van der Waals surface area contributed by atoms with Crippen LogP contribution in [0.15, 0.2) is 35.4 Å². The van der Waals surface area contributed by atoms with Crippen molar-refractivity contribution < 1.29 is 24.3 Å². The zero-order valence-electron chi connectivity index (χ0n) is 36.8. The summed E-state index contributed by atoms with van der Waals surface area (Å²) in [6.45, 7) is 19.7. The van der Waals surface area contributed by atoms with Crippen LogP contribution >= 0.6 is 0 Å². The Balaban J connectivity index is 0.926. The average molecular weight is 796 g/mol. The zero-order chi connectivity index (χ0) is 41.3. The topological polar surface area (TPSA) is 107 Å². The van der Waals surface area contributed by atoms with Crippen LogP contribution in [0, 0.1) is 75.4 Å². The number of nitrogens with one attached hydrogen (secondary N) is 1. The highest BCUT2D eigenvalue weighted by Gasteiger charge is 2.63. The predicted octanol–water partition coefficient (Wildman–Crippen LogP) is 8.57. The number of hydrogen-bond acceptors (Lipinski definition) is 6. The van der Waals surface area contributed by atoms with Crippen molar-refractivity contribution in [2.75, 3.05) is 33.2 Å². The van der Waals surface area contributed by atoms with Crippen LogP contribution < -0.4 is 5.32 Å². The minimum absolute atomic E-state index is 0.0522. The predicted molar refractivity (Wildman–Crippen MR) is 227 cm³/mol. The maximum atomic E-state index is 14.0. The Hall–Kier alpha value is -2.84. The first-order valence-electron chi connectivity index (χ1n) is 23.3. The van der Waals surface area contributed by atoms with Crippen LogP contribution in [0.5, 0.6) is 0 Å². The van der Waals surface area contributed by atoms with Gasteiger partial charge in [-0.05, 0) is 140 Å². The molecule has 11 unspecified atom stereocenters. The number of carbonyl (C=O) groups excluding carboxylic acids is 3. The lowest BCUT2D eigenvalue weighted by Gasteiger charge is -2.65. The maximum Gasteiger partial charge on any atom is 0.306 e. The largest absolute Gasteiger partial charge is 0.481 e. The summed E-state index contributed by atoms with van der Waals surface area (Å²) in [5.74, 6) is 2.70. The average Bonchev–Trinajstić information content (AvgIpc) is 3.47. The second kappa shape index (κ2) is 15.9. The number of piperazine rings is 1.